The molecule has 4 nitrogen and oxygen atoms in total. The summed E-state index contributed by atoms with van der Waals surface area (Å²) in [7, 11) is 0. The summed E-state index contributed by atoms with van der Waals surface area (Å²) in [6.45, 7) is 25.7. The molecule has 2 heterocycles. The summed E-state index contributed by atoms with van der Waals surface area (Å²) in [5.74, 6) is -0.727. The molecule has 2 aliphatic carbocycles. The van der Waals surface area contributed by atoms with Crippen molar-refractivity contribution in [1.82, 2.24) is 0 Å². The second-order valence-electron chi connectivity index (χ2n) is 20.4. The van der Waals surface area contributed by atoms with Gasteiger partial charge < -0.3 is 0 Å². The van der Waals surface area contributed by atoms with Gasteiger partial charge in [0.05, 0.1) is 0 Å². The molecule has 8 rings (SSSR count). The summed E-state index contributed by atoms with van der Waals surface area (Å²) in [5, 5.41) is 0. The minimum Gasteiger partial charge on any atom is -0.195 e. The van der Waals surface area contributed by atoms with Gasteiger partial charge in [-0.2, -0.15) is 19.6 Å². The predicted octanol–water partition coefficient (Wildman–Crippen LogP) is 12.8. The minimum atomic E-state index is -0.541. The van der Waals surface area contributed by atoms with Crippen molar-refractivity contribution in [3.63, 3.8) is 0 Å². The molecule has 2 saturated carbocycles. The van der Waals surface area contributed by atoms with Gasteiger partial charge in [0, 0.05) is 25.7 Å². The maximum atomic E-state index is 6.07. The topological polar surface area (TPSA) is 50.1 Å². The van der Waals surface area contributed by atoms with Gasteiger partial charge in [-0.25, -0.2) is 0 Å². The van der Waals surface area contributed by atoms with Crippen LogP contribution in [0.4, 0.5) is 0 Å². The number of rotatable bonds is 10. The van der Waals surface area contributed by atoms with Gasteiger partial charge in [-0.05, 0) is 84.8 Å². The van der Waals surface area contributed by atoms with E-state index in [-0.39, 0.29) is 49.7 Å². The summed E-state index contributed by atoms with van der Waals surface area (Å²) in [4.78, 5) is 24.3. The van der Waals surface area contributed by atoms with Crippen LogP contribution < -0.4 is 0 Å². The summed E-state index contributed by atoms with van der Waals surface area (Å²) < 4.78 is 0. The number of hydrogen-bond donors (Lipinski definition) is 0. The second-order valence-corrected chi connectivity index (χ2v) is 20.4. The molecular formula is C51H64O4. The fourth-order valence-electron chi connectivity index (χ4n) is 13.8. The average Bonchev–Trinajstić information content (AvgIpc) is 4.14. The molecule has 0 bridgehead atoms. The number of benzene rings is 4. The van der Waals surface area contributed by atoms with Crippen LogP contribution >= 0.6 is 0 Å². The number of hydrogen-bond acceptors (Lipinski definition) is 4. The Morgan fingerprint density at radius 3 is 0.927 bits per heavy atom. The Hall–Kier alpha value is -3.28. The molecule has 0 amide bonds. The van der Waals surface area contributed by atoms with Gasteiger partial charge in [-0.3, -0.25) is 0 Å². The zero-order valence-electron chi connectivity index (χ0n) is 35.1. The van der Waals surface area contributed by atoms with Gasteiger partial charge >= 0.3 is 0 Å². The van der Waals surface area contributed by atoms with Gasteiger partial charge in [0.25, 0.3) is 0 Å². The van der Waals surface area contributed by atoms with Crippen molar-refractivity contribution >= 4 is 0 Å². The summed E-state index contributed by atoms with van der Waals surface area (Å²) in [6, 6.07) is 45.4. The van der Waals surface area contributed by atoms with Gasteiger partial charge in [0.2, 0.25) is 11.6 Å². The van der Waals surface area contributed by atoms with Crippen molar-refractivity contribution < 1.29 is 19.6 Å². The Morgan fingerprint density at radius 1 is 0.382 bits per heavy atom. The van der Waals surface area contributed by atoms with Crippen molar-refractivity contribution in [2.45, 2.75) is 141 Å². The fourth-order valence-corrected chi connectivity index (χ4v) is 13.8. The molecule has 4 aromatic rings. The molecule has 4 fully saturated rings. The molecule has 55 heavy (non-hydrogen) atoms. The summed E-state index contributed by atoms with van der Waals surface area (Å²) in [5.41, 5.74) is 3.66. The third-order valence-electron chi connectivity index (χ3n) is 16.9. The quantitative estimate of drug-likeness (QED) is 0.120. The molecule has 4 aliphatic rings. The van der Waals surface area contributed by atoms with Crippen LogP contribution in [0.3, 0.4) is 0 Å². The molecule has 0 aromatic heterocycles. The van der Waals surface area contributed by atoms with Crippen molar-refractivity contribution in [1.29, 1.82) is 0 Å². The highest BCUT2D eigenvalue weighted by Crippen LogP contribution is 2.80. The molecule has 4 unspecified atom stereocenters. The van der Waals surface area contributed by atoms with Gasteiger partial charge in [-0.15, -0.1) is 0 Å². The summed E-state index contributed by atoms with van der Waals surface area (Å²) in [6.07, 6.45) is 5.31. The van der Waals surface area contributed by atoms with E-state index in [1.54, 1.807) is 0 Å². The summed E-state index contributed by atoms with van der Waals surface area (Å²) >= 11 is 0. The van der Waals surface area contributed by atoms with E-state index in [0.717, 1.165) is 38.5 Å². The third-order valence-corrected chi connectivity index (χ3v) is 16.9. The van der Waals surface area contributed by atoms with Gasteiger partial charge in [-0.1, -0.05) is 191 Å². The lowest BCUT2D eigenvalue weighted by molar-refractivity contribution is -0.242. The molecule has 4 aromatic carbocycles. The minimum absolute atomic E-state index is 0.178. The standard InChI is InChI=1S/C51H64O4/c1-43(2,37-23-15-11-16-24-37)41-35-48(52-53-48)31-33-50(41,45(5,6)39-27-19-13-20-28-39)47(9,10)51(46(7,8)40-29-21-14-22-30-40)34-32-49(54-55-49)36-42(51)44(3,4)38-25-17-12-18-26-38/h11-30,41-42H,31-36H2,1-10H3. The Bertz CT molecular complexity index is 1810. The maximum absolute atomic E-state index is 6.07. The zero-order valence-corrected chi connectivity index (χ0v) is 35.1. The van der Waals surface area contributed by atoms with Crippen LogP contribution in [-0.4, -0.2) is 11.6 Å². The molecule has 2 spiro atoms. The highest BCUT2D eigenvalue weighted by atomic mass is 17.4. The molecule has 4 atom stereocenters. The monoisotopic (exact) mass is 740 g/mol. The fraction of sp³-hybridized carbons (Fsp3) is 0.529. The van der Waals surface area contributed by atoms with Crippen molar-refractivity contribution in [3.8, 4) is 0 Å². The van der Waals surface area contributed by atoms with Crippen LogP contribution in [0.15, 0.2) is 121 Å². The van der Waals surface area contributed by atoms with Crippen LogP contribution in [0, 0.1) is 28.1 Å². The second kappa shape index (κ2) is 12.9. The molecule has 2 aliphatic heterocycles. The van der Waals surface area contributed by atoms with Crippen molar-refractivity contribution in [2.24, 2.45) is 28.1 Å². The van der Waals surface area contributed by atoms with Crippen molar-refractivity contribution in [3.05, 3.63) is 144 Å². The normalized spacial score (nSPS) is 27.9. The third kappa shape index (κ3) is 5.59. The highest BCUT2D eigenvalue weighted by Gasteiger charge is 2.78. The largest absolute Gasteiger partial charge is 0.234 e. The van der Waals surface area contributed by atoms with Gasteiger partial charge in [0.1, 0.15) is 0 Å². The van der Waals surface area contributed by atoms with E-state index in [9.17, 15) is 0 Å². The first-order chi connectivity index (χ1) is 25.9. The lowest BCUT2D eigenvalue weighted by Gasteiger charge is -2.75. The molecule has 0 radical (unpaired) electrons. The van der Waals surface area contributed by atoms with Crippen LogP contribution in [0.25, 0.3) is 0 Å². The Kier molecular flexibility index (Phi) is 9.03. The molecule has 0 N–H and O–H groups in total. The van der Waals surface area contributed by atoms with Crippen molar-refractivity contribution in [2.75, 3.05) is 0 Å². The van der Waals surface area contributed by atoms with E-state index >= 15 is 0 Å². The first kappa shape index (κ1) is 38.6. The lowest BCUT2D eigenvalue weighted by Crippen LogP contribution is -2.73. The van der Waals surface area contributed by atoms with E-state index in [0.29, 0.717) is 0 Å². The highest BCUT2D eigenvalue weighted by molar-refractivity contribution is 5.40. The van der Waals surface area contributed by atoms with Gasteiger partial charge in [0.15, 0.2) is 0 Å². The van der Waals surface area contributed by atoms with Crippen LogP contribution in [0.2, 0.25) is 0 Å². The zero-order chi connectivity index (χ0) is 39.2. The van der Waals surface area contributed by atoms with Crippen LogP contribution in [0.1, 0.15) is 130 Å². The molecule has 2 saturated heterocycles. The van der Waals surface area contributed by atoms with E-state index in [2.05, 4.69) is 191 Å². The smallest absolute Gasteiger partial charge is 0.195 e. The Labute approximate surface area is 331 Å². The van der Waals surface area contributed by atoms with E-state index in [1.165, 1.54) is 22.3 Å². The van der Waals surface area contributed by atoms with Crippen LogP contribution in [0.5, 0.6) is 0 Å². The molecule has 292 valence electrons. The van der Waals surface area contributed by atoms with E-state index in [4.69, 9.17) is 19.6 Å². The first-order valence-corrected chi connectivity index (χ1v) is 20.9. The lowest BCUT2D eigenvalue weighted by atomic mass is 9.28. The molecular weight excluding hydrogens is 677 g/mol. The Morgan fingerprint density at radius 2 is 0.655 bits per heavy atom. The SMILES string of the molecule is CC(C)(c1ccccc1)C1CC2(CCC1(C(C)(C)c1ccccc1)C(C)(C)C1(C(C)(C)c3ccccc3)CCC3(CC1C(C)(C)c1ccccc1)OO3)OO2. The van der Waals surface area contributed by atoms with E-state index in [1.807, 2.05) is 0 Å². The average molecular weight is 741 g/mol. The van der Waals surface area contributed by atoms with E-state index < -0.39 is 11.6 Å². The Balaban J connectivity index is 1.48. The van der Waals surface area contributed by atoms with Crippen LogP contribution in [-0.2, 0) is 41.2 Å². The first-order valence-electron chi connectivity index (χ1n) is 20.9. The predicted molar refractivity (Wildman–Crippen MR) is 221 cm³/mol. The molecule has 4 heteroatoms. The maximum Gasteiger partial charge on any atom is 0.234 e.